The van der Waals surface area contributed by atoms with Crippen LogP contribution in [0.15, 0.2) is 36.5 Å². The number of hydrogen-bond donors (Lipinski definition) is 0. The molecule has 0 radical (unpaired) electrons. The molecule has 0 aromatic carbocycles. The first-order valence-corrected chi connectivity index (χ1v) is 9.49. The van der Waals surface area contributed by atoms with Crippen LogP contribution in [0.3, 0.4) is 0 Å². The Kier molecular flexibility index (Phi) is 15.6. The third kappa shape index (κ3) is 15.6. The second kappa shape index (κ2) is 17.1. The molecule has 0 aromatic heterocycles. The van der Waals surface area contributed by atoms with E-state index in [0.29, 0.717) is 0 Å². The molecule has 0 spiro atoms. The normalized spacial score (nSPS) is 11.6. The average molecular weight is 380 g/mol. The topological polar surface area (TPSA) is 78.9 Å². The van der Waals surface area contributed by atoms with E-state index < -0.39 is 24.0 Å². The van der Waals surface area contributed by atoms with Gasteiger partial charge in [0.05, 0.1) is 19.3 Å². The van der Waals surface area contributed by atoms with Gasteiger partial charge in [0.25, 0.3) is 0 Å². The van der Waals surface area contributed by atoms with Crippen LogP contribution in [0.25, 0.3) is 0 Å². The van der Waals surface area contributed by atoms with Gasteiger partial charge in [-0.3, -0.25) is 14.4 Å². The van der Waals surface area contributed by atoms with Crippen LogP contribution in [0.1, 0.15) is 59.3 Å². The van der Waals surface area contributed by atoms with Crippen molar-refractivity contribution in [2.75, 3.05) is 13.2 Å². The number of carbonyl (C=O) groups is 3. The number of carbonyl (C=O) groups excluding carboxylic acids is 3. The monoisotopic (exact) mass is 380 g/mol. The molecule has 0 aliphatic carbocycles. The molecule has 0 heterocycles. The fraction of sp³-hybridized carbons (Fsp3) is 0.571. The molecular weight excluding hydrogens is 348 g/mol. The summed E-state index contributed by atoms with van der Waals surface area (Å²) in [6.45, 7) is 5.59. The van der Waals surface area contributed by atoms with E-state index in [-0.39, 0.29) is 32.5 Å². The molecule has 0 unspecified atom stereocenters. The Morgan fingerprint density at radius 2 is 1.00 bits per heavy atom. The van der Waals surface area contributed by atoms with Crippen LogP contribution in [0, 0.1) is 0 Å². The van der Waals surface area contributed by atoms with Crippen molar-refractivity contribution in [2.24, 2.45) is 0 Å². The van der Waals surface area contributed by atoms with Crippen LogP contribution < -0.4 is 0 Å². The number of ether oxygens (including phenoxy) is 3. The van der Waals surface area contributed by atoms with Crippen LogP contribution in [0.2, 0.25) is 0 Å². The summed E-state index contributed by atoms with van der Waals surface area (Å²) in [5, 5.41) is 0. The first-order chi connectivity index (χ1) is 13.0. The van der Waals surface area contributed by atoms with Gasteiger partial charge in [0, 0.05) is 0 Å². The van der Waals surface area contributed by atoms with E-state index in [0.717, 1.165) is 19.3 Å². The Hall–Kier alpha value is -2.37. The zero-order valence-corrected chi connectivity index (χ0v) is 16.6. The van der Waals surface area contributed by atoms with E-state index in [2.05, 4.69) is 0 Å². The quantitative estimate of drug-likeness (QED) is 0.257. The molecule has 0 aliphatic heterocycles. The first kappa shape index (κ1) is 24.6. The van der Waals surface area contributed by atoms with Gasteiger partial charge in [0.15, 0.2) is 6.10 Å². The molecule has 27 heavy (non-hydrogen) atoms. The summed E-state index contributed by atoms with van der Waals surface area (Å²) in [4.78, 5) is 35.2. The average Bonchev–Trinajstić information content (AvgIpc) is 2.64. The number of hydrogen-bond acceptors (Lipinski definition) is 6. The molecule has 0 bridgehead atoms. The Morgan fingerprint density at radius 1 is 0.630 bits per heavy atom. The van der Waals surface area contributed by atoms with Crippen molar-refractivity contribution >= 4 is 17.9 Å². The van der Waals surface area contributed by atoms with Gasteiger partial charge in [-0.05, 0) is 19.3 Å². The lowest BCUT2D eigenvalue weighted by Gasteiger charge is -2.17. The minimum absolute atomic E-state index is 0.116. The van der Waals surface area contributed by atoms with Crippen LogP contribution >= 0.6 is 0 Å². The molecule has 0 aromatic rings. The molecule has 0 fully saturated rings. The predicted molar refractivity (Wildman–Crippen MR) is 104 cm³/mol. The molecule has 0 saturated carbocycles. The van der Waals surface area contributed by atoms with E-state index in [1.54, 1.807) is 18.2 Å². The third-order valence-electron chi connectivity index (χ3n) is 3.22. The highest BCUT2D eigenvalue weighted by atomic mass is 16.6. The molecule has 0 rings (SSSR count). The lowest BCUT2D eigenvalue weighted by molar-refractivity contribution is -0.165. The van der Waals surface area contributed by atoms with Gasteiger partial charge in [-0.1, -0.05) is 57.2 Å². The first-order valence-electron chi connectivity index (χ1n) is 9.49. The molecule has 6 heteroatoms. The van der Waals surface area contributed by atoms with Crippen LogP contribution in [0.5, 0.6) is 0 Å². The maximum Gasteiger partial charge on any atom is 0.310 e. The van der Waals surface area contributed by atoms with Gasteiger partial charge in [0.2, 0.25) is 0 Å². The smallest absolute Gasteiger partial charge is 0.310 e. The summed E-state index contributed by atoms with van der Waals surface area (Å²) in [7, 11) is 0. The van der Waals surface area contributed by atoms with Gasteiger partial charge in [0.1, 0.15) is 13.2 Å². The Bertz CT molecular complexity index is 487. The maximum absolute atomic E-state index is 11.9. The second-order valence-corrected chi connectivity index (χ2v) is 5.73. The van der Waals surface area contributed by atoms with Gasteiger partial charge >= 0.3 is 17.9 Å². The van der Waals surface area contributed by atoms with Gasteiger partial charge in [-0.15, -0.1) is 0 Å². The van der Waals surface area contributed by atoms with E-state index >= 15 is 0 Å². The summed E-state index contributed by atoms with van der Waals surface area (Å²) in [6.07, 6.45) is 12.8. The fourth-order valence-corrected chi connectivity index (χ4v) is 1.88. The fourth-order valence-electron chi connectivity index (χ4n) is 1.88. The van der Waals surface area contributed by atoms with Crippen molar-refractivity contribution in [3.8, 4) is 0 Å². The number of esters is 3. The maximum atomic E-state index is 11.9. The van der Waals surface area contributed by atoms with E-state index in [4.69, 9.17) is 14.2 Å². The van der Waals surface area contributed by atoms with E-state index in [1.807, 2.05) is 39.0 Å². The summed E-state index contributed by atoms with van der Waals surface area (Å²) < 4.78 is 15.5. The zero-order chi connectivity index (χ0) is 20.3. The molecule has 0 aliphatic rings. The van der Waals surface area contributed by atoms with E-state index in [1.165, 1.54) is 0 Å². The van der Waals surface area contributed by atoms with Crippen molar-refractivity contribution in [3.63, 3.8) is 0 Å². The van der Waals surface area contributed by atoms with Crippen LogP contribution in [0.4, 0.5) is 0 Å². The summed E-state index contributed by atoms with van der Waals surface area (Å²) in [6, 6.07) is 0. The minimum atomic E-state index is -0.828. The minimum Gasteiger partial charge on any atom is -0.461 e. The van der Waals surface area contributed by atoms with Crippen molar-refractivity contribution in [3.05, 3.63) is 36.5 Å². The Morgan fingerprint density at radius 3 is 1.37 bits per heavy atom. The van der Waals surface area contributed by atoms with E-state index in [9.17, 15) is 14.4 Å². The molecular formula is C21H32O6. The van der Waals surface area contributed by atoms with Crippen LogP contribution in [-0.2, 0) is 28.6 Å². The molecule has 0 N–H and O–H groups in total. The lowest BCUT2D eigenvalue weighted by atomic mass is 10.3. The largest absolute Gasteiger partial charge is 0.461 e. The number of allylic oxidation sites excluding steroid dienone is 3. The zero-order valence-electron chi connectivity index (χ0n) is 16.6. The highest BCUT2D eigenvalue weighted by molar-refractivity contribution is 5.72. The SMILES string of the molecule is CC/C=C\CC(=O)OCC(COC(=O)C/C=C\CC)OC(=O)C/C=C\CC. The van der Waals surface area contributed by atoms with Crippen molar-refractivity contribution < 1.29 is 28.6 Å². The van der Waals surface area contributed by atoms with Gasteiger partial charge < -0.3 is 14.2 Å². The molecule has 6 nitrogen and oxygen atoms in total. The van der Waals surface area contributed by atoms with Gasteiger partial charge in [-0.2, -0.15) is 0 Å². The molecule has 152 valence electrons. The Balaban J connectivity index is 4.55. The second-order valence-electron chi connectivity index (χ2n) is 5.73. The highest BCUT2D eigenvalue weighted by Crippen LogP contribution is 2.03. The number of rotatable bonds is 14. The summed E-state index contributed by atoms with van der Waals surface area (Å²) >= 11 is 0. The predicted octanol–water partition coefficient (Wildman–Crippen LogP) is 4.05. The standard InChI is InChI=1S/C21H32O6/c1-4-7-10-13-19(22)25-16-18(27-21(24)15-12-9-6-3)17-26-20(23)14-11-8-5-2/h7-12,18H,4-6,13-17H2,1-3H3/b10-7-,11-8-,12-9-. The third-order valence-corrected chi connectivity index (χ3v) is 3.22. The lowest BCUT2D eigenvalue weighted by Crippen LogP contribution is -2.30. The highest BCUT2D eigenvalue weighted by Gasteiger charge is 2.18. The van der Waals surface area contributed by atoms with Crippen molar-refractivity contribution in [2.45, 2.75) is 65.4 Å². The Labute approximate surface area is 162 Å². The molecule has 0 atom stereocenters. The molecule has 0 amide bonds. The van der Waals surface area contributed by atoms with Crippen molar-refractivity contribution in [1.29, 1.82) is 0 Å². The van der Waals surface area contributed by atoms with Crippen LogP contribution in [-0.4, -0.2) is 37.2 Å². The van der Waals surface area contributed by atoms with Crippen molar-refractivity contribution in [1.82, 2.24) is 0 Å². The van der Waals surface area contributed by atoms with Gasteiger partial charge in [-0.25, -0.2) is 0 Å². The molecule has 0 saturated heterocycles. The summed E-state index contributed by atoms with van der Waals surface area (Å²) in [5.74, 6) is -1.32. The summed E-state index contributed by atoms with van der Waals surface area (Å²) in [5.41, 5.74) is 0.